The smallest absolute Gasteiger partial charge is 0.373 e. The predicted octanol–water partition coefficient (Wildman–Crippen LogP) is 2.29. The molecular weight excluding hydrogens is 276 g/mol. The number of rotatable bonds is 9. The average molecular weight is 294 g/mol. The molecule has 114 valence electrons. The van der Waals surface area contributed by atoms with E-state index in [9.17, 15) is 9.59 Å². The van der Waals surface area contributed by atoms with E-state index in [1.165, 1.54) is 7.11 Å². The van der Waals surface area contributed by atoms with Crippen molar-refractivity contribution in [1.29, 1.82) is 0 Å². The fourth-order valence-corrected chi connectivity index (χ4v) is 1.39. The predicted molar refractivity (Wildman–Crippen MR) is 74.8 cm³/mol. The number of methoxy groups -OCH3 is 1. The number of hydrogen-bond acceptors (Lipinski definition) is 6. The second-order valence-electron chi connectivity index (χ2n) is 4.00. The number of benzene rings is 1. The van der Waals surface area contributed by atoms with Crippen molar-refractivity contribution in [2.24, 2.45) is 0 Å². The van der Waals surface area contributed by atoms with Crippen molar-refractivity contribution in [1.82, 2.24) is 0 Å². The zero-order valence-corrected chi connectivity index (χ0v) is 11.9. The van der Waals surface area contributed by atoms with E-state index in [2.05, 4.69) is 11.5 Å². The molecule has 0 saturated heterocycles. The number of carbonyl (C=O) groups excluding carboxylic acids is 2. The van der Waals surface area contributed by atoms with Gasteiger partial charge in [-0.1, -0.05) is 12.6 Å². The maximum Gasteiger partial charge on any atom is 0.373 e. The van der Waals surface area contributed by atoms with Gasteiger partial charge in [0, 0.05) is 6.08 Å². The summed E-state index contributed by atoms with van der Waals surface area (Å²) in [5, 5.41) is 0. The molecule has 0 heterocycles. The molecule has 0 aliphatic rings. The summed E-state index contributed by atoms with van der Waals surface area (Å²) in [6, 6.07) is 6.56. The summed E-state index contributed by atoms with van der Waals surface area (Å²) in [5.41, 5.74) is 0.342. The summed E-state index contributed by atoms with van der Waals surface area (Å²) in [6.45, 7) is 3.78. The van der Waals surface area contributed by atoms with Crippen molar-refractivity contribution in [3.63, 3.8) is 0 Å². The first-order chi connectivity index (χ1) is 10.2. The maximum atomic E-state index is 11.6. The van der Waals surface area contributed by atoms with Crippen LogP contribution in [0.15, 0.2) is 36.9 Å². The third-order valence-electron chi connectivity index (χ3n) is 2.47. The van der Waals surface area contributed by atoms with Gasteiger partial charge >= 0.3 is 11.9 Å². The number of carbonyl (C=O) groups is 2. The zero-order chi connectivity index (χ0) is 15.5. The average Bonchev–Trinajstić information content (AvgIpc) is 2.53. The van der Waals surface area contributed by atoms with Crippen molar-refractivity contribution < 1.29 is 28.8 Å². The molecule has 0 spiro atoms. The van der Waals surface area contributed by atoms with Crippen LogP contribution >= 0.6 is 0 Å². The van der Waals surface area contributed by atoms with E-state index in [0.29, 0.717) is 24.2 Å². The molecule has 6 nitrogen and oxygen atoms in total. The first-order valence-electron chi connectivity index (χ1n) is 6.44. The summed E-state index contributed by atoms with van der Waals surface area (Å²) in [5.74, 6) is -0.485. The highest BCUT2D eigenvalue weighted by molar-refractivity contribution is 5.89. The van der Waals surface area contributed by atoms with Crippen LogP contribution in [0.5, 0.6) is 5.75 Å². The van der Waals surface area contributed by atoms with E-state index >= 15 is 0 Å². The molecule has 0 unspecified atom stereocenters. The van der Waals surface area contributed by atoms with E-state index in [1.54, 1.807) is 24.3 Å². The molecule has 0 radical (unpaired) electrons. The molecule has 0 N–H and O–H groups in total. The van der Waals surface area contributed by atoms with E-state index in [4.69, 9.17) is 14.4 Å². The Labute approximate surface area is 123 Å². The van der Waals surface area contributed by atoms with Gasteiger partial charge < -0.3 is 9.47 Å². The van der Waals surface area contributed by atoms with E-state index in [1.807, 2.05) is 0 Å². The third-order valence-corrected chi connectivity index (χ3v) is 2.47. The number of esters is 1. The molecule has 0 fully saturated rings. The summed E-state index contributed by atoms with van der Waals surface area (Å²) >= 11 is 0. The lowest BCUT2D eigenvalue weighted by atomic mass is 10.2. The summed E-state index contributed by atoms with van der Waals surface area (Å²) in [4.78, 5) is 31.9. The SMILES string of the molecule is C=CC(=O)OCCCCOOC(=O)c1cccc(OC)c1. The van der Waals surface area contributed by atoms with Crippen LogP contribution in [0.4, 0.5) is 0 Å². The van der Waals surface area contributed by atoms with Crippen molar-refractivity contribution in [3.8, 4) is 5.75 Å². The Morgan fingerprint density at radius 3 is 2.71 bits per heavy atom. The van der Waals surface area contributed by atoms with Crippen LogP contribution in [0.2, 0.25) is 0 Å². The molecule has 1 aromatic carbocycles. The first kappa shape index (κ1) is 16.7. The summed E-state index contributed by atoms with van der Waals surface area (Å²) in [6.07, 6.45) is 2.30. The lowest BCUT2D eigenvalue weighted by molar-refractivity contribution is -0.241. The minimum atomic E-state index is -0.591. The molecule has 1 rings (SSSR count). The second-order valence-corrected chi connectivity index (χ2v) is 4.00. The van der Waals surface area contributed by atoms with Crippen molar-refractivity contribution in [3.05, 3.63) is 42.5 Å². The van der Waals surface area contributed by atoms with Crippen LogP contribution in [0.1, 0.15) is 23.2 Å². The minimum absolute atomic E-state index is 0.224. The van der Waals surface area contributed by atoms with Crippen molar-refractivity contribution in [2.75, 3.05) is 20.3 Å². The van der Waals surface area contributed by atoms with Gasteiger partial charge in [0.15, 0.2) is 0 Å². The first-order valence-corrected chi connectivity index (χ1v) is 6.44. The molecule has 0 aliphatic carbocycles. The van der Waals surface area contributed by atoms with Gasteiger partial charge in [0.2, 0.25) is 0 Å². The fourth-order valence-electron chi connectivity index (χ4n) is 1.39. The van der Waals surface area contributed by atoms with Gasteiger partial charge in [-0.15, -0.1) is 0 Å². The molecule has 0 amide bonds. The normalized spacial score (nSPS) is 9.76. The number of unbranched alkanes of at least 4 members (excludes halogenated alkanes) is 1. The van der Waals surface area contributed by atoms with E-state index in [-0.39, 0.29) is 13.2 Å². The van der Waals surface area contributed by atoms with Crippen LogP contribution < -0.4 is 4.74 Å². The van der Waals surface area contributed by atoms with Gasteiger partial charge in [0.1, 0.15) is 5.75 Å². The Balaban J connectivity index is 2.16. The monoisotopic (exact) mass is 294 g/mol. The Morgan fingerprint density at radius 2 is 2.00 bits per heavy atom. The van der Waals surface area contributed by atoms with Gasteiger partial charge in [0.25, 0.3) is 0 Å². The highest BCUT2D eigenvalue weighted by Gasteiger charge is 2.09. The molecule has 0 bridgehead atoms. The van der Waals surface area contributed by atoms with Crippen LogP contribution in [0, 0.1) is 0 Å². The standard InChI is InChI=1S/C15H18O6/c1-3-14(16)19-9-4-5-10-20-21-15(17)12-7-6-8-13(11-12)18-2/h3,6-8,11H,1,4-5,9-10H2,2H3. The molecule has 21 heavy (non-hydrogen) atoms. The molecule has 0 aromatic heterocycles. The minimum Gasteiger partial charge on any atom is -0.497 e. The van der Waals surface area contributed by atoms with Crippen LogP contribution in [0.3, 0.4) is 0 Å². The van der Waals surface area contributed by atoms with E-state index < -0.39 is 11.9 Å². The van der Waals surface area contributed by atoms with E-state index in [0.717, 1.165) is 6.08 Å². The van der Waals surface area contributed by atoms with Gasteiger partial charge in [0.05, 0.1) is 25.9 Å². The molecular formula is C15H18O6. The quantitative estimate of drug-likeness (QED) is 0.229. The van der Waals surface area contributed by atoms with Crippen molar-refractivity contribution >= 4 is 11.9 Å². The lowest BCUT2D eigenvalue weighted by Gasteiger charge is -2.05. The molecule has 0 saturated carbocycles. The number of hydrogen-bond donors (Lipinski definition) is 0. The third kappa shape index (κ3) is 6.58. The van der Waals surface area contributed by atoms with Crippen LogP contribution in [-0.2, 0) is 19.3 Å². The topological polar surface area (TPSA) is 71.1 Å². The molecule has 6 heteroatoms. The highest BCUT2D eigenvalue weighted by atomic mass is 17.2. The molecule has 1 aromatic rings. The fraction of sp³-hybridized carbons (Fsp3) is 0.333. The molecule has 0 aliphatic heterocycles. The van der Waals surface area contributed by atoms with Gasteiger partial charge in [-0.2, -0.15) is 4.89 Å². The highest BCUT2D eigenvalue weighted by Crippen LogP contribution is 2.13. The Hall–Kier alpha value is -2.34. The summed E-state index contributed by atoms with van der Waals surface area (Å²) in [7, 11) is 1.51. The zero-order valence-electron chi connectivity index (χ0n) is 11.9. The van der Waals surface area contributed by atoms with Crippen LogP contribution in [0.25, 0.3) is 0 Å². The van der Waals surface area contributed by atoms with Gasteiger partial charge in [-0.25, -0.2) is 9.59 Å². The Morgan fingerprint density at radius 1 is 1.24 bits per heavy atom. The molecule has 0 atom stereocenters. The lowest BCUT2D eigenvalue weighted by Crippen LogP contribution is -2.08. The Kier molecular flexibility index (Phi) is 7.60. The second kappa shape index (κ2) is 9.55. The maximum absolute atomic E-state index is 11.6. The van der Waals surface area contributed by atoms with Gasteiger partial charge in [-0.05, 0) is 31.0 Å². The Bertz CT molecular complexity index is 483. The summed E-state index contributed by atoms with van der Waals surface area (Å²) < 4.78 is 9.79. The van der Waals surface area contributed by atoms with Gasteiger partial charge in [-0.3, -0.25) is 4.89 Å². The van der Waals surface area contributed by atoms with Crippen molar-refractivity contribution in [2.45, 2.75) is 12.8 Å². The number of ether oxygens (including phenoxy) is 2. The largest absolute Gasteiger partial charge is 0.497 e. The van der Waals surface area contributed by atoms with Crippen LogP contribution in [-0.4, -0.2) is 32.3 Å².